The lowest BCUT2D eigenvalue weighted by molar-refractivity contribution is 0.530. The molecule has 1 heterocycles. The fraction of sp³-hybridized carbons (Fsp3) is 0.167. The van der Waals surface area contributed by atoms with Crippen LogP contribution in [0, 0.1) is 0 Å². The van der Waals surface area contributed by atoms with Crippen molar-refractivity contribution in [1.29, 1.82) is 0 Å². The second kappa shape index (κ2) is 10.2. The van der Waals surface area contributed by atoms with Gasteiger partial charge in [-0.2, -0.15) is 0 Å². The van der Waals surface area contributed by atoms with E-state index in [4.69, 9.17) is 4.98 Å². The van der Waals surface area contributed by atoms with E-state index in [-0.39, 0.29) is 5.56 Å². The van der Waals surface area contributed by atoms with Crippen LogP contribution in [-0.2, 0) is 6.54 Å². The van der Waals surface area contributed by atoms with Crippen molar-refractivity contribution in [3.05, 3.63) is 101 Å². The third-order valence-corrected chi connectivity index (χ3v) is 5.72. The highest BCUT2D eigenvalue weighted by molar-refractivity contribution is 7.99. The highest BCUT2D eigenvalue weighted by atomic mass is 32.2. The summed E-state index contributed by atoms with van der Waals surface area (Å²) in [6, 6.07) is 27.5. The molecule has 0 atom stereocenters. The van der Waals surface area contributed by atoms with Gasteiger partial charge in [0.1, 0.15) is 0 Å². The minimum Gasteiger partial charge on any atom is -0.268 e. The topological polar surface area (TPSA) is 59.0 Å². The molecule has 0 aliphatic carbocycles. The predicted molar refractivity (Wildman–Crippen MR) is 124 cm³/mol. The molecule has 0 spiro atoms. The number of hydrazine groups is 1. The molecule has 6 heteroatoms. The van der Waals surface area contributed by atoms with Gasteiger partial charge in [-0.15, -0.1) is 0 Å². The minimum absolute atomic E-state index is 0.0306. The van der Waals surface area contributed by atoms with Crippen LogP contribution in [0.2, 0.25) is 0 Å². The molecule has 3 aromatic carbocycles. The van der Waals surface area contributed by atoms with Crippen LogP contribution < -0.4 is 16.4 Å². The van der Waals surface area contributed by atoms with E-state index >= 15 is 0 Å². The Hall–Kier alpha value is -2.93. The molecule has 0 fully saturated rings. The molecule has 4 rings (SSSR count). The summed E-state index contributed by atoms with van der Waals surface area (Å²) in [5.41, 5.74) is 9.28. The molecule has 5 nitrogen and oxygen atoms in total. The van der Waals surface area contributed by atoms with Gasteiger partial charge in [0.25, 0.3) is 5.56 Å². The molecule has 0 aliphatic heterocycles. The van der Waals surface area contributed by atoms with Crippen molar-refractivity contribution in [1.82, 2.24) is 20.4 Å². The number of fused-ring (bicyclic) bond motifs is 1. The Bertz CT molecular complexity index is 1150. The average molecular weight is 417 g/mol. The van der Waals surface area contributed by atoms with Crippen molar-refractivity contribution >= 4 is 22.7 Å². The normalized spacial score (nSPS) is 11.1. The molecular weight excluding hydrogens is 392 g/mol. The van der Waals surface area contributed by atoms with Crippen LogP contribution in [0.15, 0.2) is 94.9 Å². The fourth-order valence-electron chi connectivity index (χ4n) is 3.19. The number of nitrogens with one attached hydrogen (secondary N) is 2. The quantitative estimate of drug-likeness (QED) is 0.186. The fourth-order valence-corrected chi connectivity index (χ4v) is 4.14. The zero-order chi connectivity index (χ0) is 20.6. The minimum atomic E-state index is -0.0306. The zero-order valence-corrected chi connectivity index (χ0v) is 17.4. The smallest absolute Gasteiger partial charge is 0.266 e. The van der Waals surface area contributed by atoms with Gasteiger partial charge in [-0.1, -0.05) is 72.4 Å². The lowest BCUT2D eigenvalue weighted by Crippen LogP contribution is -2.32. The molecule has 0 unspecified atom stereocenters. The van der Waals surface area contributed by atoms with E-state index in [1.807, 2.05) is 72.8 Å². The molecule has 0 bridgehead atoms. The first-order valence-electron chi connectivity index (χ1n) is 10.0. The maximum absolute atomic E-state index is 13.1. The van der Waals surface area contributed by atoms with Gasteiger partial charge in [-0.05, 0) is 36.2 Å². The number of nitrogens with zero attached hydrogens (tertiary/aromatic N) is 2. The van der Waals surface area contributed by atoms with Gasteiger partial charge < -0.3 is 0 Å². The average Bonchev–Trinajstić information content (AvgIpc) is 2.80. The Labute approximate surface area is 180 Å². The van der Waals surface area contributed by atoms with Crippen LogP contribution in [0.3, 0.4) is 0 Å². The summed E-state index contributed by atoms with van der Waals surface area (Å²) in [5.74, 6) is 0.859. The number of para-hydroxylation sites is 2. The van der Waals surface area contributed by atoms with Crippen molar-refractivity contribution in [2.24, 2.45) is 0 Å². The van der Waals surface area contributed by atoms with Crippen LogP contribution in [0.1, 0.15) is 12.0 Å². The number of benzene rings is 3. The third kappa shape index (κ3) is 4.97. The maximum Gasteiger partial charge on any atom is 0.266 e. The molecule has 4 aromatic rings. The van der Waals surface area contributed by atoms with E-state index in [1.54, 1.807) is 16.3 Å². The summed E-state index contributed by atoms with van der Waals surface area (Å²) in [7, 11) is 0. The molecule has 152 valence electrons. The summed E-state index contributed by atoms with van der Waals surface area (Å²) in [6.07, 6.45) is 0.948. The number of hydrogen-bond acceptors (Lipinski definition) is 5. The van der Waals surface area contributed by atoms with E-state index in [9.17, 15) is 4.79 Å². The van der Waals surface area contributed by atoms with Crippen molar-refractivity contribution in [3.63, 3.8) is 0 Å². The molecule has 0 aliphatic rings. The monoisotopic (exact) mass is 416 g/mol. The number of thioether (sulfide) groups is 1. The van der Waals surface area contributed by atoms with Crippen LogP contribution >= 0.6 is 11.8 Å². The molecule has 0 saturated carbocycles. The van der Waals surface area contributed by atoms with Gasteiger partial charge in [0, 0.05) is 18.8 Å². The third-order valence-electron chi connectivity index (χ3n) is 4.70. The van der Waals surface area contributed by atoms with E-state index in [0.717, 1.165) is 41.6 Å². The second-order valence-corrected chi connectivity index (χ2v) is 7.92. The standard InChI is InChI=1S/C24H24N4OS/c29-23-21-14-7-8-15-22(21)27-24(28(23)20-12-5-2-6-13-20)30-17-9-16-25-26-18-19-10-3-1-4-11-19/h1-8,10-15,25-26H,9,16-18H2. The molecular formula is C24H24N4OS. The summed E-state index contributed by atoms with van der Waals surface area (Å²) >= 11 is 1.61. The van der Waals surface area contributed by atoms with Crippen molar-refractivity contribution in [2.45, 2.75) is 18.1 Å². The SMILES string of the molecule is O=c1c2ccccc2nc(SCCCNNCc2ccccc2)n1-c1ccccc1. The van der Waals surface area contributed by atoms with Crippen LogP contribution in [-0.4, -0.2) is 21.8 Å². The van der Waals surface area contributed by atoms with Gasteiger partial charge >= 0.3 is 0 Å². The van der Waals surface area contributed by atoms with Gasteiger partial charge in [0.2, 0.25) is 0 Å². The van der Waals surface area contributed by atoms with E-state index in [0.29, 0.717) is 5.39 Å². The van der Waals surface area contributed by atoms with Crippen LogP contribution in [0.25, 0.3) is 16.6 Å². The largest absolute Gasteiger partial charge is 0.268 e. The highest BCUT2D eigenvalue weighted by Crippen LogP contribution is 2.21. The summed E-state index contributed by atoms with van der Waals surface area (Å²) in [5, 5.41) is 1.36. The first-order chi connectivity index (χ1) is 14.8. The molecule has 0 radical (unpaired) electrons. The van der Waals surface area contributed by atoms with Crippen LogP contribution in [0.4, 0.5) is 0 Å². The number of hydrogen-bond donors (Lipinski definition) is 2. The maximum atomic E-state index is 13.1. The second-order valence-electron chi connectivity index (χ2n) is 6.86. The summed E-state index contributed by atoms with van der Waals surface area (Å²) < 4.78 is 1.72. The molecule has 0 saturated heterocycles. The van der Waals surface area contributed by atoms with Crippen LogP contribution in [0.5, 0.6) is 0 Å². The first-order valence-corrected chi connectivity index (χ1v) is 11.0. The molecule has 0 amide bonds. The van der Waals surface area contributed by atoms with Crippen molar-refractivity contribution in [2.75, 3.05) is 12.3 Å². The van der Waals surface area contributed by atoms with Gasteiger partial charge in [-0.25, -0.2) is 4.98 Å². The van der Waals surface area contributed by atoms with Crippen molar-refractivity contribution < 1.29 is 0 Å². The Morgan fingerprint density at radius 3 is 2.33 bits per heavy atom. The van der Waals surface area contributed by atoms with E-state index in [2.05, 4.69) is 23.0 Å². The summed E-state index contributed by atoms with van der Waals surface area (Å²) in [4.78, 5) is 17.9. The van der Waals surface area contributed by atoms with Gasteiger partial charge in [0.05, 0.1) is 16.6 Å². The Kier molecular flexibility index (Phi) is 6.92. The van der Waals surface area contributed by atoms with E-state index < -0.39 is 0 Å². The number of rotatable bonds is 9. The molecule has 1 aromatic heterocycles. The lowest BCUT2D eigenvalue weighted by atomic mass is 10.2. The van der Waals surface area contributed by atoms with Gasteiger partial charge in [0.15, 0.2) is 5.16 Å². The lowest BCUT2D eigenvalue weighted by Gasteiger charge is -2.13. The Morgan fingerprint density at radius 2 is 1.53 bits per heavy atom. The Balaban J connectivity index is 1.40. The molecule has 30 heavy (non-hydrogen) atoms. The summed E-state index contributed by atoms with van der Waals surface area (Å²) in [6.45, 7) is 1.62. The first kappa shape index (κ1) is 20.3. The van der Waals surface area contributed by atoms with Gasteiger partial charge in [-0.3, -0.25) is 20.2 Å². The molecule has 2 N–H and O–H groups in total. The predicted octanol–water partition coefficient (Wildman–Crippen LogP) is 4.16. The Morgan fingerprint density at radius 1 is 0.833 bits per heavy atom. The highest BCUT2D eigenvalue weighted by Gasteiger charge is 2.12. The van der Waals surface area contributed by atoms with E-state index in [1.165, 1.54) is 5.56 Å². The zero-order valence-electron chi connectivity index (χ0n) is 16.6. The number of aromatic nitrogens is 2. The van der Waals surface area contributed by atoms with Crippen molar-refractivity contribution in [3.8, 4) is 5.69 Å².